The van der Waals surface area contributed by atoms with Gasteiger partial charge >= 0.3 is 5.97 Å². The summed E-state index contributed by atoms with van der Waals surface area (Å²) in [6.07, 6.45) is 0.645. The number of carboxylic acids is 1. The lowest BCUT2D eigenvalue weighted by Crippen LogP contribution is -2.46. The first-order chi connectivity index (χ1) is 12.1. The Balaban J connectivity index is 2.01. The highest BCUT2D eigenvalue weighted by Gasteiger charge is 2.32. The van der Waals surface area contributed by atoms with Gasteiger partial charge in [0.15, 0.2) is 5.78 Å². The first-order valence-electron chi connectivity index (χ1n) is 8.27. The van der Waals surface area contributed by atoms with E-state index in [1.165, 1.54) is 42.4 Å². The van der Waals surface area contributed by atoms with Crippen LogP contribution in [0.15, 0.2) is 29.2 Å². The third-order valence-corrected chi connectivity index (χ3v) is 6.37. The maximum atomic E-state index is 12.7. The van der Waals surface area contributed by atoms with Gasteiger partial charge in [-0.25, -0.2) is 8.42 Å². The smallest absolute Gasteiger partial charge is 0.325 e. The summed E-state index contributed by atoms with van der Waals surface area (Å²) in [6.45, 7) is 3.14. The van der Waals surface area contributed by atoms with Crippen molar-refractivity contribution in [1.82, 2.24) is 9.62 Å². The molecule has 9 heteroatoms. The predicted molar refractivity (Wildman–Crippen MR) is 93.2 cm³/mol. The van der Waals surface area contributed by atoms with Crippen molar-refractivity contribution in [2.24, 2.45) is 5.92 Å². The van der Waals surface area contributed by atoms with Crippen LogP contribution < -0.4 is 5.32 Å². The molecule has 26 heavy (non-hydrogen) atoms. The topological polar surface area (TPSA) is 121 Å². The van der Waals surface area contributed by atoms with Crippen molar-refractivity contribution in [3.05, 3.63) is 29.8 Å². The number of Topliss-reactive ketones (excluding diaryl/α,β-unsaturated/α-hetero) is 1. The number of hydrogen-bond donors (Lipinski definition) is 2. The average molecular weight is 382 g/mol. The number of rotatable bonds is 6. The van der Waals surface area contributed by atoms with Crippen LogP contribution >= 0.6 is 0 Å². The normalized spacial score (nSPS) is 17.5. The van der Waals surface area contributed by atoms with Crippen molar-refractivity contribution in [3.8, 4) is 0 Å². The number of amides is 1. The Morgan fingerprint density at radius 1 is 1.15 bits per heavy atom. The molecule has 1 atom stereocenters. The fourth-order valence-corrected chi connectivity index (χ4v) is 4.23. The molecule has 0 aliphatic carbocycles. The number of carbonyl (C=O) groups is 3. The zero-order valence-electron chi connectivity index (χ0n) is 14.6. The lowest BCUT2D eigenvalue weighted by Gasteiger charge is -2.30. The van der Waals surface area contributed by atoms with E-state index in [1.54, 1.807) is 0 Å². The zero-order chi connectivity index (χ0) is 19.5. The molecule has 1 aliphatic heterocycles. The molecule has 1 aromatic rings. The number of ketones is 1. The number of nitrogens with one attached hydrogen (secondary N) is 1. The number of hydrogen-bond acceptors (Lipinski definition) is 5. The highest BCUT2D eigenvalue weighted by atomic mass is 32.2. The van der Waals surface area contributed by atoms with Gasteiger partial charge in [0.25, 0.3) is 0 Å². The molecule has 0 saturated carbocycles. The Bertz CT molecular complexity index is 795. The summed E-state index contributed by atoms with van der Waals surface area (Å²) in [7, 11) is -3.69. The van der Waals surface area contributed by atoms with Gasteiger partial charge in [-0.05, 0) is 38.8 Å². The summed E-state index contributed by atoms with van der Waals surface area (Å²) < 4.78 is 26.7. The Kier molecular flexibility index (Phi) is 6.14. The Morgan fingerprint density at radius 3 is 2.15 bits per heavy atom. The van der Waals surface area contributed by atoms with Gasteiger partial charge in [0.2, 0.25) is 15.9 Å². The number of aliphatic carboxylic acids is 1. The average Bonchev–Trinajstić information content (AvgIpc) is 2.61. The first-order valence-corrected chi connectivity index (χ1v) is 9.71. The second kappa shape index (κ2) is 7.96. The maximum Gasteiger partial charge on any atom is 0.325 e. The molecule has 0 spiro atoms. The summed E-state index contributed by atoms with van der Waals surface area (Å²) in [4.78, 5) is 34.3. The van der Waals surface area contributed by atoms with Crippen molar-refractivity contribution in [3.63, 3.8) is 0 Å². The van der Waals surface area contributed by atoms with Crippen molar-refractivity contribution in [2.75, 3.05) is 13.1 Å². The highest BCUT2D eigenvalue weighted by molar-refractivity contribution is 7.89. The summed E-state index contributed by atoms with van der Waals surface area (Å²) in [6, 6.07) is 4.77. The van der Waals surface area contributed by atoms with E-state index < -0.39 is 28.0 Å². The maximum absolute atomic E-state index is 12.7. The molecule has 142 valence electrons. The predicted octanol–water partition coefficient (Wildman–Crippen LogP) is 0.879. The number of piperidine rings is 1. The largest absolute Gasteiger partial charge is 0.480 e. The van der Waals surface area contributed by atoms with Gasteiger partial charge in [-0.2, -0.15) is 4.31 Å². The quantitative estimate of drug-likeness (QED) is 0.705. The van der Waals surface area contributed by atoms with Crippen LogP contribution in [0, 0.1) is 5.92 Å². The summed E-state index contributed by atoms with van der Waals surface area (Å²) in [5.41, 5.74) is 0.437. The molecule has 2 rings (SSSR count). The minimum absolute atomic E-state index is 0.102. The van der Waals surface area contributed by atoms with Gasteiger partial charge in [0.05, 0.1) is 4.90 Å². The van der Waals surface area contributed by atoms with Crippen LogP contribution in [0.5, 0.6) is 0 Å². The standard InChI is InChI=1S/C17H22N2O6S/c1-11(17(22)23)18-16(21)14-7-9-19(10-8-14)26(24,25)15-5-3-13(4-6-15)12(2)20/h3-6,11,14H,7-10H2,1-2H3,(H,18,21)(H,22,23)/t11-/m0/s1. The van der Waals surface area contributed by atoms with Crippen LogP contribution in [-0.2, 0) is 19.6 Å². The molecule has 1 aromatic carbocycles. The Labute approximate surface area is 152 Å². The van der Waals surface area contributed by atoms with E-state index in [-0.39, 0.29) is 29.7 Å². The molecule has 1 saturated heterocycles. The first kappa shape index (κ1) is 20.1. The molecule has 1 amide bonds. The zero-order valence-corrected chi connectivity index (χ0v) is 15.5. The minimum atomic E-state index is -3.69. The molecule has 1 heterocycles. The highest BCUT2D eigenvalue weighted by Crippen LogP contribution is 2.24. The minimum Gasteiger partial charge on any atom is -0.480 e. The van der Waals surface area contributed by atoms with Crippen molar-refractivity contribution in [1.29, 1.82) is 0 Å². The van der Waals surface area contributed by atoms with E-state index >= 15 is 0 Å². The number of carboxylic acid groups (broad SMARTS) is 1. The van der Waals surface area contributed by atoms with E-state index in [0.29, 0.717) is 18.4 Å². The van der Waals surface area contributed by atoms with E-state index in [2.05, 4.69) is 5.32 Å². The number of benzene rings is 1. The third-order valence-electron chi connectivity index (χ3n) is 4.45. The lowest BCUT2D eigenvalue weighted by molar-refractivity contribution is -0.142. The molecule has 2 N–H and O–H groups in total. The van der Waals surface area contributed by atoms with Crippen LogP contribution in [-0.4, -0.2) is 54.6 Å². The van der Waals surface area contributed by atoms with Crippen LogP contribution in [0.3, 0.4) is 0 Å². The van der Waals surface area contributed by atoms with Crippen LogP contribution in [0.25, 0.3) is 0 Å². The van der Waals surface area contributed by atoms with E-state index in [9.17, 15) is 22.8 Å². The van der Waals surface area contributed by atoms with Crippen LogP contribution in [0.1, 0.15) is 37.0 Å². The fraction of sp³-hybridized carbons (Fsp3) is 0.471. The van der Waals surface area contributed by atoms with E-state index in [4.69, 9.17) is 5.11 Å². The number of nitrogens with zero attached hydrogens (tertiary/aromatic N) is 1. The van der Waals surface area contributed by atoms with E-state index in [1.807, 2.05) is 0 Å². The Morgan fingerprint density at radius 2 is 1.69 bits per heavy atom. The van der Waals surface area contributed by atoms with Crippen LogP contribution in [0.2, 0.25) is 0 Å². The molecule has 0 bridgehead atoms. The molecule has 1 fully saturated rings. The van der Waals surface area contributed by atoms with Gasteiger partial charge in [-0.1, -0.05) is 12.1 Å². The molecule has 0 unspecified atom stereocenters. The van der Waals surface area contributed by atoms with Gasteiger partial charge in [-0.15, -0.1) is 0 Å². The Hall–Kier alpha value is -2.26. The van der Waals surface area contributed by atoms with E-state index in [0.717, 1.165) is 0 Å². The fourth-order valence-electron chi connectivity index (χ4n) is 2.76. The van der Waals surface area contributed by atoms with Crippen molar-refractivity contribution >= 4 is 27.7 Å². The second-order valence-electron chi connectivity index (χ2n) is 6.33. The molecule has 1 aliphatic rings. The summed E-state index contributed by atoms with van der Waals surface area (Å²) in [5, 5.41) is 11.2. The SMILES string of the molecule is CC(=O)c1ccc(S(=O)(=O)N2CCC(C(=O)N[C@@H](C)C(=O)O)CC2)cc1. The lowest BCUT2D eigenvalue weighted by atomic mass is 9.97. The third kappa shape index (κ3) is 4.47. The number of sulfonamides is 1. The monoisotopic (exact) mass is 382 g/mol. The molecule has 0 radical (unpaired) electrons. The molecular formula is C17H22N2O6S. The number of carbonyl (C=O) groups excluding carboxylic acids is 2. The molecule has 8 nitrogen and oxygen atoms in total. The van der Waals surface area contributed by atoms with Crippen molar-refractivity contribution < 1.29 is 27.9 Å². The van der Waals surface area contributed by atoms with Crippen LogP contribution in [0.4, 0.5) is 0 Å². The summed E-state index contributed by atoms with van der Waals surface area (Å²) in [5.74, 6) is -2.05. The van der Waals surface area contributed by atoms with Crippen molar-refractivity contribution in [2.45, 2.75) is 37.6 Å². The van der Waals surface area contributed by atoms with Gasteiger partial charge in [0.1, 0.15) is 6.04 Å². The van der Waals surface area contributed by atoms with Gasteiger partial charge < -0.3 is 10.4 Å². The molecular weight excluding hydrogens is 360 g/mol. The molecule has 0 aromatic heterocycles. The summed E-state index contributed by atoms with van der Waals surface area (Å²) >= 11 is 0. The van der Waals surface area contributed by atoms with Gasteiger partial charge in [-0.3, -0.25) is 14.4 Å². The van der Waals surface area contributed by atoms with Gasteiger partial charge in [0, 0.05) is 24.6 Å². The second-order valence-corrected chi connectivity index (χ2v) is 8.27.